The number of fused-ring (bicyclic) bond motifs is 1. The van der Waals surface area contributed by atoms with E-state index in [0.717, 1.165) is 24.5 Å². The zero-order chi connectivity index (χ0) is 14.6. The number of nitrogens with one attached hydrogen (secondary N) is 2. The van der Waals surface area contributed by atoms with Gasteiger partial charge in [0.25, 0.3) is 5.91 Å². The molecule has 1 amide bonds. The number of carbonyl (C=O) groups is 1. The highest BCUT2D eigenvalue weighted by Crippen LogP contribution is 2.39. The van der Waals surface area contributed by atoms with E-state index in [1.54, 1.807) is 4.90 Å². The van der Waals surface area contributed by atoms with Gasteiger partial charge in [0.1, 0.15) is 5.82 Å². The maximum atomic E-state index is 12.4. The zero-order valence-electron chi connectivity index (χ0n) is 11.5. The van der Waals surface area contributed by atoms with Crippen molar-refractivity contribution in [1.29, 1.82) is 0 Å². The number of amides is 1. The molecule has 0 radical (unpaired) electrons. The molecule has 2 aromatic rings. The third-order valence-corrected chi connectivity index (χ3v) is 4.02. The highest BCUT2D eigenvalue weighted by atomic mass is 16.2. The molecule has 0 unspecified atom stereocenters. The summed E-state index contributed by atoms with van der Waals surface area (Å²) in [5, 5.41) is 10.4. The van der Waals surface area contributed by atoms with Crippen molar-refractivity contribution in [2.24, 2.45) is 0 Å². The molecular weight excluding hydrogens is 274 g/mol. The Morgan fingerprint density at radius 3 is 2.81 bits per heavy atom. The topological polar surface area (TPSA) is 113 Å². The number of H-pyrrole nitrogens is 2. The van der Waals surface area contributed by atoms with Gasteiger partial charge in [0.05, 0.1) is 12.6 Å². The first-order valence-corrected chi connectivity index (χ1v) is 7.04. The lowest BCUT2D eigenvalue weighted by Crippen LogP contribution is -2.42. The number of nitrogens with zero attached hydrogens (tertiary/aromatic N) is 5. The molecule has 110 valence electrons. The molecule has 2 aromatic heterocycles. The molecule has 2 N–H and O–H groups in total. The van der Waals surface area contributed by atoms with Crippen LogP contribution in [0, 0.1) is 0 Å². The van der Waals surface area contributed by atoms with Crippen LogP contribution in [-0.2, 0) is 6.54 Å². The lowest BCUT2D eigenvalue weighted by atomic mass is 10.2. The van der Waals surface area contributed by atoms with Crippen LogP contribution in [0.4, 0.5) is 0 Å². The molecule has 0 spiro atoms. The van der Waals surface area contributed by atoms with Gasteiger partial charge in [0, 0.05) is 12.5 Å². The Hall–Kier alpha value is -2.45. The Morgan fingerprint density at radius 1 is 1.33 bits per heavy atom. The van der Waals surface area contributed by atoms with Crippen molar-refractivity contribution in [3.63, 3.8) is 0 Å². The molecule has 0 saturated heterocycles. The van der Waals surface area contributed by atoms with E-state index in [1.807, 2.05) is 11.6 Å². The van der Waals surface area contributed by atoms with E-state index in [4.69, 9.17) is 0 Å². The van der Waals surface area contributed by atoms with Gasteiger partial charge in [0.2, 0.25) is 5.82 Å². The third kappa shape index (κ3) is 1.96. The quantitative estimate of drug-likeness (QED) is 0.794. The first kappa shape index (κ1) is 12.3. The van der Waals surface area contributed by atoms with E-state index >= 15 is 0 Å². The fourth-order valence-corrected chi connectivity index (χ4v) is 2.68. The summed E-state index contributed by atoms with van der Waals surface area (Å²) in [4.78, 5) is 32.1. The summed E-state index contributed by atoms with van der Waals surface area (Å²) in [7, 11) is 0. The number of hydrogen-bond donors (Lipinski definition) is 2. The molecule has 9 heteroatoms. The first-order chi connectivity index (χ1) is 10.1. The van der Waals surface area contributed by atoms with E-state index in [2.05, 4.69) is 25.3 Å². The van der Waals surface area contributed by atoms with E-state index in [1.165, 1.54) is 0 Å². The number of hydrogen-bond acceptors (Lipinski definition) is 5. The average Bonchev–Trinajstić information content (AvgIpc) is 3.08. The Morgan fingerprint density at radius 2 is 2.14 bits per heavy atom. The van der Waals surface area contributed by atoms with Crippen LogP contribution in [0.25, 0.3) is 0 Å². The van der Waals surface area contributed by atoms with Crippen molar-refractivity contribution in [3.8, 4) is 0 Å². The lowest BCUT2D eigenvalue weighted by Gasteiger charge is -2.32. The summed E-state index contributed by atoms with van der Waals surface area (Å²) in [6.45, 7) is 3.05. The maximum absolute atomic E-state index is 12.4. The predicted octanol–water partition coefficient (Wildman–Crippen LogP) is -0.216. The van der Waals surface area contributed by atoms with Crippen LogP contribution in [0.1, 0.15) is 54.0 Å². The molecule has 1 atom stereocenters. The van der Waals surface area contributed by atoms with Crippen molar-refractivity contribution in [1.82, 2.24) is 34.8 Å². The average molecular weight is 289 g/mol. The monoisotopic (exact) mass is 289 g/mol. The molecule has 1 fully saturated rings. The number of aromatic nitrogens is 6. The van der Waals surface area contributed by atoms with Gasteiger partial charge in [-0.05, 0) is 19.8 Å². The number of aromatic amines is 2. The van der Waals surface area contributed by atoms with Crippen molar-refractivity contribution in [3.05, 3.63) is 28.0 Å². The van der Waals surface area contributed by atoms with Gasteiger partial charge in [-0.1, -0.05) is 0 Å². The van der Waals surface area contributed by atoms with Crippen LogP contribution in [0.5, 0.6) is 0 Å². The molecule has 3 heterocycles. The normalized spacial score (nSPS) is 21.4. The van der Waals surface area contributed by atoms with Gasteiger partial charge in [-0.25, -0.2) is 19.6 Å². The number of carbonyl (C=O) groups excluding carboxylic acids is 1. The van der Waals surface area contributed by atoms with E-state index in [9.17, 15) is 9.59 Å². The third-order valence-electron chi connectivity index (χ3n) is 4.02. The Bertz CT molecular complexity index is 754. The minimum atomic E-state index is -0.484. The fourth-order valence-electron chi connectivity index (χ4n) is 2.68. The zero-order valence-corrected chi connectivity index (χ0v) is 11.5. The van der Waals surface area contributed by atoms with E-state index in [0.29, 0.717) is 19.0 Å². The second kappa shape index (κ2) is 4.27. The van der Waals surface area contributed by atoms with E-state index < -0.39 is 5.69 Å². The van der Waals surface area contributed by atoms with Gasteiger partial charge in [-0.3, -0.25) is 9.78 Å². The standard InChI is InChI=1S/C12H15N7O2/c1-6-10-13-8(7-2-3-7)17-19(10)5-4-18(6)11(20)9-14-12(21)16-15-9/h6-7H,2-5H2,1H3,(H2,14,15,16,21)/t6-/m1/s1. The summed E-state index contributed by atoms with van der Waals surface area (Å²) in [5.41, 5.74) is -0.484. The van der Waals surface area contributed by atoms with Crippen molar-refractivity contribution in [2.45, 2.75) is 38.3 Å². The van der Waals surface area contributed by atoms with Gasteiger partial charge >= 0.3 is 5.69 Å². The van der Waals surface area contributed by atoms with Crippen LogP contribution in [0.3, 0.4) is 0 Å². The van der Waals surface area contributed by atoms with E-state index in [-0.39, 0.29) is 17.8 Å². The molecule has 0 aromatic carbocycles. The summed E-state index contributed by atoms with van der Waals surface area (Å²) < 4.78 is 1.88. The fraction of sp³-hybridized carbons (Fsp3) is 0.583. The second-order valence-corrected chi connectivity index (χ2v) is 5.53. The summed E-state index contributed by atoms with van der Waals surface area (Å²) in [5.74, 6) is 1.90. The Kier molecular flexibility index (Phi) is 2.50. The van der Waals surface area contributed by atoms with Crippen LogP contribution in [0.15, 0.2) is 4.79 Å². The van der Waals surface area contributed by atoms with Crippen LogP contribution in [0.2, 0.25) is 0 Å². The Balaban J connectivity index is 1.63. The van der Waals surface area contributed by atoms with Crippen molar-refractivity contribution in [2.75, 3.05) is 6.54 Å². The molecule has 21 heavy (non-hydrogen) atoms. The molecule has 9 nitrogen and oxygen atoms in total. The molecule has 1 saturated carbocycles. The molecule has 1 aliphatic carbocycles. The maximum Gasteiger partial charge on any atom is 0.341 e. The van der Waals surface area contributed by atoms with Gasteiger partial charge in [0.15, 0.2) is 5.82 Å². The summed E-state index contributed by atoms with van der Waals surface area (Å²) in [6, 6.07) is -0.188. The molecule has 2 aliphatic rings. The lowest BCUT2D eigenvalue weighted by molar-refractivity contribution is 0.0618. The number of rotatable bonds is 2. The second-order valence-electron chi connectivity index (χ2n) is 5.53. The SMILES string of the molecule is C[C@@H]1c2nc(C3CC3)nn2CCN1C(=O)c1n[nH]c(=O)[nH]1. The minimum absolute atomic E-state index is 0.0298. The van der Waals surface area contributed by atoms with Gasteiger partial charge in [-0.2, -0.15) is 5.10 Å². The van der Waals surface area contributed by atoms with Crippen molar-refractivity contribution >= 4 is 5.91 Å². The summed E-state index contributed by atoms with van der Waals surface area (Å²) >= 11 is 0. The Labute approximate surface area is 119 Å². The largest absolute Gasteiger partial charge is 0.341 e. The minimum Gasteiger partial charge on any atom is -0.324 e. The van der Waals surface area contributed by atoms with Crippen LogP contribution >= 0.6 is 0 Å². The van der Waals surface area contributed by atoms with Crippen LogP contribution in [-0.4, -0.2) is 47.3 Å². The van der Waals surface area contributed by atoms with Gasteiger partial charge in [-0.15, -0.1) is 5.10 Å². The van der Waals surface area contributed by atoms with Crippen LogP contribution < -0.4 is 5.69 Å². The molecule has 1 aliphatic heterocycles. The van der Waals surface area contributed by atoms with Crippen molar-refractivity contribution < 1.29 is 4.79 Å². The highest BCUT2D eigenvalue weighted by Gasteiger charge is 2.35. The molecule has 4 rings (SSSR count). The summed E-state index contributed by atoms with van der Waals surface area (Å²) in [6.07, 6.45) is 2.30. The van der Waals surface area contributed by atoms with Gasteiger partial charge < -0.3 is 4.90 Å². The smallest absolute Gasteiger partial charge is 0.324 e. The molecular formula is C12H15N7O2. The first-order valence-electron chi connectivity index (χ1n) is 7.04. The predicted molar refractivity (Wildman–Crippen MR) is 70.7 cm³/mol. The molecule has 0 bridgehead atoms. The highest BCUT2D eigenvalue weighted by molar-refractivity contribution is 5.90.